The Labute approximate surface area is 41.5 Å². The van der Waals surface area contributed by atoms with Gasteiger partial charge in [-0.3, -0.25) is 10.5 Å². The van der Waals surface area contributed by atoms with Gasteiger partial charge in [0.2, 0.25) is 5.79 Å². The fourth-order valence-electron chi connectivity index (χ4n) is 0. The Morgan fingerprint density at radius 2 is 2.00 bits per heavy atom. The molecule has 0 saturated carbocycles. The zero-order valence-electron chi connectivity index (χ0n) is 4.36. The number of halogens is 1. The van der Waals surface area contributed by atoms with Gasteiger partial charge in [0.1, 0.15) is 0 Å². The fourth-order valence-corrected chi connectivity index (χ4v) is 0. The number of Topliss-reactive ketones (excluding diaryl/α,β-unsaturated/α-hetero) is 1. The van der Waals surface area contributed by atoms with E-state index in [0.29, 0.717) is 0 Å². The third kappa shape index (κ3) is 2.28. The van der Waals surface area contributed by atoms with Crippen LogP contribution < -0.4 is 5.73 Å². The van der Waals surface area contributed by atoms with Gasteiger partial charge in [-0.1, -0.05) is 0 Å². The van der Waals surface area contributed by atoms with Crippen LogP contribution in [-0.2, 0) is 4.79 Å². The minimum absolute atomic E-state index is 0.646. The average molecular weight is 105 g/mol. The van der Waals surface area contributed by atoms with Crippen molar-refractivity contribution < 1.29 is 9.18 Å². The lowest BCUT2D eigenvalue weighted by molar-refractivity contribution is -0.126. The van der Waals surface area contributed by atoms with Crippen LogP contribution in [0.15, 0.2) is 0 Å². The Bertz CT molecular complexity index is 84.2. The quantitative estimate of drug-likeness (QED) is 0.485. The van der Waals surface area contributed by atoms with Gasteiger partial charge in [0.05, 0.1) is 0 Å². The van der Waals surface area contributed by atoms with Crippen LogP contribution in [0.4, 0.5) is 4.39 Å². The minimum atomic E-state index is -2.14. The molecule has 0 amide bonds. The molecule has 0 aliphatic heterocycles. The molecule has 1 unspecified atom stereocenters. The second-order valence-corrected chi connectivity index (χ2v) is 1.63. The van der Waals surface area contributed by atoms with Crippen LogP contribution in [-0.4, -0.2) is 11.6 Å². The van der Waals surface area contributed by atoms with E-state index in [1.807, 2.05) is 0 Å². The number of rotatable bonds is 1. The molecule has 0 aromatic heterocycles. The first-order valence-corrected chi connectivity index (χ1v) is 1.93. The third-order valence-electron chi connectivity index (χ3n) is 0.688. The van der Waals surface area contributed by atoms with Crippen molar-refractivity contribution in [3.05, 3.63) is 0 Å². The van der Waals surface area contributed by atoms with Crippen LogP contribution >= 0.6 is 0 Å². The van der Waals surface area contributed by atoms with Crippen molar-refractivity contribution in [2.24, 2.45) is 5.73 Å². The van der Waals surface area contributed by atoms with Crippen molar-refractivity contribution in [3.8, 4) is 0 Å². The SMILES string of the molecule is CC(=O)C(C)(N)F. The van der Waals surface area contributed by atoms with Crippen LogP contribution in [0, 0.1) is 0 Å². The highest BCUT2D eigenvalue weighted by Gasteiger charge is 2.21. The molecule has 42 valence electrons. The highest BCUT2D eigenvalue weighted by molar-refractivity contribution is 5.83. The summed E-state index contributed by atoms with van der Waals surface area (Å²) in [4.78, 5) is 9.97. The molecular weight excluding hydrogens is 97.0 g/mol. The van der Waals surface area contributed by atoms with Crippen molar-refractivity contribution in [2.75, 3.05) is 0 Å². The van der Waals surface area contributed by atoms with Crippen LogP contribution in [0.5, 0.6) is 0 Å². The number of nitrogens with two attached hydrogens (primary N) is 1. The molecule has 2 N–H and O–H groups in total. The van der Waals surface area contributed by atoms with Gasteiger partial charge in [-0.15, -0.1) is 0 Å². The summed E-state index contributed by atoms with van der Waals surface area (Å²) in [5.41, 5.74) is 4.66. The molecule has 0 radical (unpaired) electrons. The predicted octanol–water partition coefficient (Wildman–Crippen LogP) is 0.220. The van der Waals surface area contributed by atoms with Gasteiger partial charge in [0.15, 0.2) is 5.78 Å². The summed E-state index contributed by atoms with van der Waals surface area (Å²) < 4.78 is 11.9. The number of hydrogen-bond donors (Lipinski definition) is 1. The second kappa shape index (κ2) is 1.58. The Morgan fingerprint density at radius 3 is 2.00 bits per heavy atom. The third-order valence-corrected chi connectivity index (χ3v) is 0.688. The predicted molar refractivity (Wildman–Crippen MR) is 24.4 cm³/mol. The molecule has 7 heavy (non-hydrogen) atoms. The molecule has 0 bridgehead atoms. The Morgan fingerprint density at radius 1 is 1.86 bits per heavy atom. The smallest absolute Gasteiger partial charge is 0.214 e. The van der Waals surface area contributed by atoms with Crippen LogP contribution in [0.2, 0.25) is 0 Å². The summed E-state index contributed by atoms with van der Waals surface area (Å²) in [7, 11) is 0. The lowest BCUT2D eigenvalue weighted by atomic mass is 10.2. The highest BCUT2D eigenvalue weighted by Crippen LogP contribution is 1.99. The van der Waals surface area contributed by atoms with E-state index in [-0.39, 0.29) is 0 Å². The van der Waals surface area contributed by atoms with E-state index in [0.717, 1.165) is 13.8 Å². The first kappa shape index (κ1) is 6.56. The standard InChI is InChI=1S/C4H8FNO/c1-3(7)4(2,5)6/h6H2,1-2H3. The second-order valence-electron chi connectivity index (χ2n) is 1.63. The van der Waals surface area contributed by atoms with Gasteiger partial charge in [0, 0.05) is 0 Å². The summed E-state index contributed by atoms with van der Waals surface area (Å²) in [5, 5.41) is 0. The minimum Gasteiger partial charge on any atom is -0.295 e. The first-order chi connectivity index (χ1) is 2.94. The van der Waals surface area contributed by atoms with E-state index in [1.165, 1.54) is 0 Å². The number of alkyl halides is 1. The van der Waals surface area contributed by atoms with Crippen molar-refractivity contribution in [1.82, 2.24) is 0 Å². The summed E-state index contributed by atoms with van der Waals surface area (Å²) in [6, 6.07) is 0. The van der Waals surface area contributed by atoms with Crippen molar-refractivity contribution >= 4 is 5.78 Å². The van der Waals surface area contributed by atoms with Crippen LogP contribution in [0.3, 0.4) is 0 Å². The summed E-state index contributed by atoms with van der Waals surface area (Å²) in [5.74, 6) is -2.78. The van der Waals surface area contributed by atoms with Crippen LogP contribution in [0.1, 0.15) is 13.8 Å². The van der Waals surface area contributed by atoms with Crippen LogP contribution in [0.25, 0.3) is 0 Å². The molecule has 0 aliphatic rings. The number of ketones is 1. The lowest BCUT2D eigenvalue weighted by Crippen LogP contribution is -2.37. The number of carbonyl (C=O) groups excluding carboxylic acids is 1. The molecule has 0 spiro atoms. The van der Waals surface area contributed by atoms with E-state index < -0.39 is 11.6 Å². The van der Waals surface area contributed by atoms with E-state index in [2.05, 4.69) is 5.73 Å². The fraction of sp³-hybridized carbons (Fsp3) is 0.750. The van der Waals surface area contributed by atoms with Crippen molar-refractivity contribution in [1.29, 1.82) is 0 Å². The molecule has 0 aromatic carbocycles. The summed E-state index contributed by atoms with van der Waals surface area (Å²) in [6.07, 6.45) is 0. The maximum Gasteiger partial charge on any atom is 0.214 e. The molecule has 3 heteroatoms. The van der Waals surface area contributed by atoms with Gasteiger partial charge in [-0.05, 0) is 13.8 Å². The molecule has 0 saturated heterocycles. The average Bonchev–Trinajstić information content (AvgIpc) is 1.31. The largest absolute Gasteiger partial charge is 0.295 e. The maximum absolute atomic E-state index is 11.9. The van der Waals surface area contributed by atoms with Crippen molar-refractivity contribution in [2.45, 2.75) is 19.6 Å². The van der Waals surface area contributed by atoms with E-state index in [1.54, 1.807) is 0 Å². The summed E-state index contributed by atoms with van der Waals surface area (Å²) in [6.45, 7) is 2.13. The molecule has 0 rings (SSSR count). The molecule has 0 aromatic rings. The normalized spacial score (nSPS) is 18.3. The van der Waals surface area contributed by atoms with E-state index >= 15 is 0 Å². The van der Waals surface area contributed by atoms with E-state index in [9.17, 15) is 9.18 Å². The molecular formula is C4H8FNO. The Kier molecular flexibility index (Phi) is 1.48. The molecule has 0 fully saturated rings. The van der Waals surface area contributed by atoms with Gasteiger partial charge in [0.25, 0.3) is 0 Å². The van der Waals surface area contributed by atoms with Gasteiger partial charge < -0.3 is 0 Å². The lowest BCUT2D eigenvalue weighted by Gasteiger charge is -2.06. The molecule has 2 nitrogen and oxygen atoms in total. The Hall–Kier alpha value is -0.440. The number of carbonyl (C=O) groups is 1. The summed E-state index contributed by atoms with van der Waals surface area (Å²) >= 11 is 0. The van der Waals surface area contributed by atoms with Gasteiger partial charge in [-0.2, -0.15) is 0 Å². The monoisotopic (exact) mass is 105 g/mol. The topological polar surface area (TPSA) is 43.1 Å². The zero-order valence-corrected chi connectivity index (χ0v) is 4.36. The van der Waals surface area contributed by atoms with Gasteiger partial charge in [-0.25, -0.2) is 4.39 Å². The number of hydrogen-bond acceptors (Lipinski definition) is 2. The Balaban J connectivity index is 3.79. The van der Waals surface area contributed by atoms with Gasteiger partial charge >= 0.3 is 0 Å². The first-order valence-electron chi connectivity index (χ1n) is 1.93. The maximum atomic E-state index is 11.9. The zero-order chi connectivity index (χ0) is 6.08. The molecule has 0 heterocycles. The van der Waals surface area contributed by atoms with Crippen molar-refractivity contribution in [3.63, 3.8) is 0 Å². The highest BCUT2D eigenvalue weighted by atomic mass is 19.1. The van der Waals surface area contributed by atoms with E-state index in [4.69, 9.17) is 0 Å². The molecule has 1 atom stereocenters. The molecule has 0 aliphatic carbocycles.